The molecule has 0 radical (unpaired) electrons. The van der Waals surface area contributed by atoms with Gasteiger partial charge >= 0.3 is 0 Å². The predicted molar refractivity (Wildman–Crippen MR) is 163 cm³/mol. The number of furan rings is 1. The van der Waals surface area contributed by atoms with E-state index in [-0.39, 0.29) is 35.1 Å². The Hall–Kier alpha value is -4.39. The van der Waals surface area contributed by atoms with Gasteiger partial charge in [0.1, 0.15) is 17.4 Å². The summed E-state index contributed by atoms with van der Waals surface area (Å²) in [5.74, 6) is -0.0694. The average Bonchev–Trinajstić information content (AvgIpc) is 3.59. The maximum atomic E-state index is 13.6. The third kappa shape index (κ3) is 7.53. The first-order valence-corrected chi connectivity index (χ1v) is 15.9. The van der Waals surface area contributed by atoms with E-state index in [4.69, 9.17) is 4.42 Å². The van der Waals surface area contributed by atoms with Crippen LogP contribution in [0.15, 0.2) is 62.8 Å². The number of fused-ring (bicyclic) bond motifs is 1. The van der Waals surface area contributed by atoms with Crippen LogP contribution in [0, 0.1) is 6.92 Å². The largest absolute Gasteiger partial charge is 0.461 e. The number of carbonyl (C=O) groups excluding carboxylic acids is 3. The van der Waals surface area contributed by atoms with Gasteiger partial charge in [-0.3, -0.25) is 14.4 Å². The van der Waals surface area contributed by atoms with E-state index < -0.39 is 16.1 Å². The molecule has 2 aliphatic heterocycles. The molecule has 12 nitrogen and oxygen atoms in total. The molecule has 3 amide bonds. The standard InChI is InChI=1S/C30H36N6O6S/c1-20-17-22-18-24(10-13-27(22)42-20)32-30(34-43(40,41)25-11-8-23(9-12-25)31-21(2)37)33-26-7-3-4-16-36(29(26)39)19-28(38)35-14-5-6-15-35/h8-13,17-18,26H,3-7,14-16,19H2,1-2H3,(H,31,37)(H2,32,33,34). The van der Waals surface area contributed by atoms with Crippen LogP contribution in [0.3, 0.4) is 0 Å². The van der Waals surface area contributed by atoms with E-state index in [0.717, 1.165) is 30.4 Å². The lowest BCUT2D eigenvalue weighted by Gasteiger charge is -2.25. The number of rotatable bonds is 7. The third-order valence-electron chi connectivity index (χ3n) is 7.44. The minimum Gasteiger partial charge on any atom is -0.461 e. The lowest BCUT2D eigenvalue weighted by Crippen LogP contribution is -2.45. The van der Waals surface area contributed by atoms with Gasteiger partial charge in [-0.05, 0) is 87.6 Å². The van der Waals surface area contributed by atoms with Gasteiger partial charge in [-0.1, -0.05) is 0 Å². The van der Waals surface area contributed by atoms with Gasteiger partial charge in [0.2, 0.25) is 23.7 Å². The van der Waals surface area contributed by atoms with Crippen LogP contribution in [-0.2, 0) is 24.4 Å². The highest BCUT2D eigenvalue weighted by Gasteiger charge is 2.31. The highest BCUT2D eigenvalue weighted by molar-refractivity contribution is 7.90. The molecule has 1 aromatic heterocycles. The summed E-state index contributed by atoms with van der Waals surface area (Å²) in [6.45, 7) is 5.02. The number of amides is 3. The van der Waals surface area contributed by atoms with Gasteiger partial charge in [-0.15, -0.1) is 0 Å². The fourth-order valence-corrected chi connectivity index (χ4v) is 6.30. The lowest BCUT2D eigenvalue weighted by atomic mass is 10.1. The molecule has 0 saturated carbocycles. The molecule has 0 aliphatic carbocycles. The molecule has 2 aliphatic rings. The van der Waals surface area contributed by atoms with Crippen molar-refractivity contribution in [2.45, 2.75) is 56.9 Å². The molecule has 2 saturated heterocycles. The summed E-state index contributed by atoms with van der Waals surface area (Å²) in [5.41, 5.74) is 1.67. The third-order valence-corrected chi connectivity index (χ3v) is 8.80. The van der Waals surface area contributed by atoms with E-state index in [0.29, 0.717) is 49.4 Å². The van der Waals surface area contributed by atoms with Crippen LogP contribution in [0.5, 0.6) is 0 Å². The minimum atomic E-state index is -4.14. The van der Waals surface area contributed by atoms with Crippen LogP contribution in [0.4, 0.5) is 11.4 Å². The lowest BCUT2D eigenvalue weighted by molar-refractivity contribution is -0.140. The molecule has 228 valence electrons. The van der Waals surface area contributed by atoms with Gasteiger partial charge in [-0.2, -0.15) is 0 Å². The quantitative estimate of drug-likeness (QED) is 0.274. The second kappa shape index (κ2) is 12.9. The topological polar surface area (TPSA) is 153 Å². The van der Waals surface area contributed by atoms with Gasteiger partial charge in [0.15, 0.2) is 0 Å². The van der Waals surface area contributed by atoms with Crippen LogP contribution < -0.4 is 15.4 Å². The molecule has 0 bridgehead atoms. The number of sulfonamides is 1. The van der Waals surface area contributed by atoms with E-state index in [2.05, 4.69) is 20.3 Å². The zero-order chi connectivity index (χ0) is 30.6. The van der Waals surface area contributed by atoms with Crippen LogP contribution in [0.1, 0.15) is 44.8 Å². The SMILES string of the molecule is CC(=O)Nc1ccc(S(=O)(=O)NC(=NC2CCCCN(CC(=O)N3CCCC3)C2=O)Nc2ccc3oc(C)cc3c2)cc1. The molecule has 3 aromatic rings. The summed E-state index contributed by atoms with van der Waals surface area (Å²) in [7, 11) is -4.14. The highest BCUT2D eigenvalue weighted by Crippen LogP contribution is 2.24. The molecule has 13 heteroatoms. The predicted octanol–water partition coefficient (Wildman–Crippen LogP) is 3.45. The minimum absolute atomic E-state index is 0.0174. The Morgan fingerprint density at radius 1 is 0.953 bits per heavy atom. The molecule has 0 spiro atoms. The second-order valence-electron chi connectivity index (χ2n) is 10.9. The van der Waals surface area contributed by atoms with Crippen molar-refractivity contribution in [1.82, 2.24) is 14.5 Å². The summed E-state index contributed by atoms with van der Waals surface area (Å²) in [6.07, 6.45) is 3.74. The van der Waals surface area contributed by atoms with Crippen molar-refractivity contribution in [3.63, 3.8) is 0 Å². The Bertz CT molecular complexity index is 1640. The van der Waals surface area contributed by atoms with Gasteiger partial charge in [0.05, 0.1) is 11.4 Å². The van der Waals surface area contributed by atoms with Crippen molar-refractivity contribution in [2.75, 3.05) is 36.8 Å². The van der Waals surface area contributed by atoms with Gasteiger partial charge < -0.3 is 24.9 Å². The van der Waals surface area contributed by atoms with Crippen LogP contribution in [0.2, 0.25) is 0 Å². The number of guanidine groups is 1. The molecule has 3 N–H and O–H groups in total. The number of aliphatic imine (C=N–C) groups is 1. The summed E-state index contributed by atoms with van der Waals surface area (Å²) >= 11 is 0. The van der Waals surface area contributed by atoms with Crippen molar-refractivity contribution >= 4 is 56.0 Å². The summed E-state index contributed by atoms with van der Waals surface area (Å²) in [5, 5.41) is 6.47. The molecule has 2 aromatic carbocycles. The van der Waals surface area contributed by atoms with E-state index in [1.165, 1.54) is 36.1 Å². The first-order chi connectivity index (χ1) is 20.6. The van der Waals surface area contributed by atoms with Crippen molar-refractivity contribution in [2.24, 2.45) is 4.99 Å². The number of nitrogens with one attached hydrogen (secondary N) is 3. The highest BCUT2D eigenvalue weighted by atomic mass is 32.2. The summed E-state index contributed by atoms with van der Waals surface area (Å²) in [6, 6.07) is 12.0. The Balaban J connectivity index is 1.42. The zero-order valence-electron chi connectivity index (χ0n) is 24.3. The number of hydrogen-bond acceptors (Lipinski definition) is 7. The maximum Gasteiger partial charge on any atom is 0.264 e. The number of hydrogen-bond donors (Lipinski definition) is 3. The van der Waals surface area contributed by atoms with Crippen molar-refractivity contribution in [3.05, 3.63) is 54.3 Å². The molecule has 3 heterocycles. The van der Waals surface area contributed by atoms with E-state index in [1.807, 2.05) is 13.0 Å². The Morgan fingerprint density at radius 2 is 1.65 bits per heavy atom. The maximum absolute atomic E-state index is 13.6. The Kier molecular flexibility index (Phi) is 9.00. The van der Waals surface area contributed by atoms with E-state index in [1.54, 1.807) is 23.1 Å². The summed E-state index contributed by atoms with van der Waals surface area (Å²) in [4.78, 5) is 45.7. The number of likely N-dealkylation sites (tertiary alicyclic amines) is 2. The number of carbonyl (C=O) groups is 3. The van der Waals surface area contributed by atoms with Crippen LogP contribution in [0.25, 0.3) is 11.0 Å². The normalized spacial score (nSPS) is 18.0. The van der Waals surface area contributed by atoms with Crippen LogP contribution in [-0.4, -0.2) is 74.1 Å². The van der Waals surface area contributed by atoms with Crippen molar-refractivity contribution < 1.29 is 27.2 Å². The first kappa shape index (κ1) is 30.1. The number of anilines is 2. The molecule has 2 fully saturated rings. The fourth-order valence-electron chi connectivity index (χ4n) is 5.33. The number of aryl methyl sites for hydroxylation is 1. The first-order valence-electron chi connectivity index (χ1n) is 14.4. The monoisotopic (exact) mass is 608 g/mol. The molecule has 1 atom stereocenters. The molecule has 1 unspecified atom stereocenters. The van der Waals surface area contributed by atoms with Gasteiger partial charge in [0.25, 0.3) is 10.0 Å². The molecule has 5 rings (SSSR count). The van der Waals surface area contributed by atoms with E-state index >= 15 is 0 Å². The van der Waals surface area contributed by atoms with Gasteiger partial charge in [0, 0.05) is 43.3 Å². The molecular weight excluding hydrogens is 572 g/mol. The van der Waals surface area contributed by atoms with Crippen LogP contribution >= 0.6 is 0 Å². The molecule has 43 heavy (non-hydrogen) atoms. The average molecular weight is 609 g/mol. The van der Waals surface area contributed by atoms with Crippen molar-refractivity contribution in [1.29, 1.82) is 0 Å². The van der Waals surface area contributed by atoms with Crippen molar-refractivity contribution in [3.8, 4) is 0 Å². The number of benzene rings is 2. The molecular formula is C30H36N6O6S. The Morgan fingerprint density at radius 3 is 2.37 bits per heavy atom. The number of nitrogens with zero attached hydrogens (tertiary/aromatic N) is 3. The van der Waals surface area contributed by atoms with E-state index in [9.17, 15) is 22.8 Å². The fraction of sp³-hybridized carbons (Fsp3) is 0.400. The smallest absolute Gasteiger partial charge is 0.264 e. The second-order valence-corrected chi connectivity index (χ2v) is 12.6. The zero-order valence-corrected chi connectivity index (χ0v) is 25.1. The summed E-state index contributed by atoms with van der Waals surface area (Å²) < 4.78 is 35.1. The van der Waals surface area contributed by atoms with Gasteiger partial charge in [-0.25, -0.2) is 18.1 Å². The Labute approximate surface area is 250 Å².